The molecule has 0 fully saturated rings. The second-order valence-electron chi connectivity index (χ2n) is 5.80. The van der Waals surface area contributed by atoms with E-state index < -0.39 is 28.3 Å². The molecular formula is C17H12F3N3O4S. The summed E-state index contributed by atoms with van der Waals surface area (Å²) < 4.78 is 38.2. The van der Waals surface area contributed by atoms with Crippen molar-refractivity contribution in [2.75, 3.05) is 11.1 Å². The number of thioether (sulfide) groups is 1. The van der Waals surface area contributed by atoms with E-state index in [0.717, 1.165) is 29.5 Å². The van der Waals surface area contributed by atoms with Crippen molar-refractivity contribution >= 4 is 35.0 Å². The summed E-state index contributed by atoms with van der Waals surface area (Å²) in [5.74, 6) is -1.15. The number of carbonyl (C=O) groups is 2. The standard InChI is InChI=1S/C17H12F3N3O4S/c18-17(19,20)10-4-5-13(12(6-10)23(26)27)28-8-14(24)22-11-3-1-2-9-7-21-16(25)15(9)11/h1-6H,7-8H2,(H,21,25)(H,22,24). The molecule has 146 valence electrons. The van der Waals surface area contributed by atoms with Crippen molar-refractivity contribution in [2.45, 2.75) is 17.6 Å². The number of nitrogens with zero attached hydrogens (tertiary/aromatic N) is 1. The first kappa shape index (κ1) is 19.7. The lowest BCUT2D eigenvalue weighted by Gasteiger charge is -2.10. The predicted octanol–water partition coefficient (Wildman–Crippen LogP) is 3.59. The molecule has 2 aromatic rings. The number of amides is 2. The second kappa shape index (κ2) is 7.50. The molecule has 0 atom stereocenters. The van der Waals surface area contributed by atoms with Crippen molar-refractivity contribution in [1.82, 2.24) is 5.32 Å². The number of hydrogen-bond acceptors (Lipinski definition) is 5. The molecule has 0 unspecified atom stereocenters. The summed E-state index contributed by atoms with van der Waals surface area (Å²) in [6.07, 6.45) is -4.71. The van der Waals surface area contributed by atoms with E-state index in [2.05, 4.69) is 10.6 Å². The molecule has 1 aliphatic heterocycles. The van der Waals surface area contributed by atoms with Crippen LogP contribution in [0.2, 0.25) is 0 Å². The van der Waals surface area contributed by atoms with Gasteiger partial charge in [0.2, 0.25) is 5.91 Å². The Morgan fingerprint density at radius 1 is 1.29 bits per heavy atom. The van der Waals surface area contributed by atoms with Crippen LogP contribution in [-0.4, -0.2) is 22.5 Å². The molecule has 0 radical (unpaired) electrons. The molecule has 2 amide bonds. The van der Waals surface area contributed by atoms with Gasteiger partial charge in [0, 0.05) is 12.6 Å². The van der Waals surface area contributed by atoms with Crippen LogP contribution in [-0.2, 0) is 17.5 Å². The number of nitrogens with one attached hydrogen (secondary N) is 2. The van der Waals surface area contributed by atoms with E-state index in [-0.39, 0.29) is 16.6 Å². The fourth-order valence-electron chi connectivity index (χ4n) is 2.67. The Kier molecular flexibility index (Phi) is 5.27. The first-order chi connectivity index (χ1) is 13.2. The Balaban J connectivity index is 1.73. The molecule has 2 aromatic carbocycles. The fraction of sp³-hybridized carbons (Fsp3) is 0.176. The topological polar surface area (TPSA) is 101 Å². The van der Waals surface area contributed by atoms with Crippen LogP contribution in [0.3, 0.4) is 0 Å². The van der Waals surface area contributed by atoms with Gasteiger partial charge in [-0.2, -0.15) is 13.2 Å². The highest BCUT2D eigenvalue weighted by atomic mass is 32.2. The summed E-state index contributed by atoms with van der Waals surface area (Å²) in [6.45, 7) is 0.352. The molecule has 3 rings (SSSR count). The van der Waals surface area contributed by atoms with Crippen LogP contribution in [0.4, 0.5) is 24.5 Å². The molecule has 0 aromatic heterocycles. The number of rotatable bonds is 5. The number of alkyl halides is 3. The van der Waals surface area contributed by atoms with Gasteiger partial charge in [0.25, 0.3) is 11.6 Å². The molecule has 0 aliphatic carbocycles. The van der Waals surface area contributed by atoms with Crippen LogP contribution in [0.25, 0.3) is 0 Å². The van der Waals surface area contributed by atoms with Gasteiger partial charge in [-0.25, -0.2) is 0 Å². The summed E-state index contributed by atoms with van der Waals surface area (Å²) in [4.78, 5) is 34.1. The number of anilines is 1. The Hall–Kier alpha value is -3.08. The summed E-state index contributed by atoms with van der Waals surface area (Å²) >= 11 is 0.735. The van der Waals surface area contributed by atoms with Crippen LogP contribution in [0, 0.1) is 10.1 Å². The van der Waals surface area contributed by atoms with Gasteiger partial charge in [-0.1, -0.05) is 12.1 Å². The predicted molar refractivity (Wildman–Crippen MR) is 95.1 cm³/mol. The summed E-state index contributed by atoms with van der Waals surface area (Å²) in [6, 6.07) is 7.08. The molecule has 11 heteroatoms. The quantitative estimate of drug-likeness (QED) is 0.445. The van der Waals surface area contributed by atoms with Gasteiger partial charge >= 0.3 is 6.18 Å². The number of carbonyl (C=O) groups excluding carboxylic acids is 2. The van der Waals surface area contributed by atoms with Gasteiger partial charge in [0.1, 0.15) is 0 Å². The van der Waals surface area contributed by atoms with Crippen LogP contribution in [0.5, 0.6) is 0 Å². The minimum absolute atomic E-state index is 0.0656. The molecule has 2 N–H and O–H groups in total. The number of fused-ring (bicyclic) bond motifs is 1. The molecule has 7 nitrogen and oxygen atoms in total. The number of nitro groups is 1. The Labute approximate surface area is 160 Å². The van der Waals surface area contributed by atoms with Gasteiger partial charge < -0.3 is 10.6 Å². The van der Waals surface area contributed by atoms with Crippen LogP contribution in [0.1, 0.15) is 21.5 Å². The zero-order chi connectivity index (χ0) is 20.5. The Morgan fingerprint density at radius 2 is 2.04 bits per heavy atom. The van der Waals surface area contributed by atoms with Crippen molar-refractivity contribution in [2.24, 2.45) is 0 Å². The van der Waals surface area contributed by atoms with Crippen LogP contribution >= 0.6 is 11.8 Å². The lowest BCUT2D eigenvalue weighted by molar-refractivity contribution is -0.388. The number of hydrogen-bond donors (Lipinski definition) is 2. The highest BCUT2D eigenvalue weighted by Gasteiger charge is 2.33. The minimum Gasteiger partial charge on any atom is -0.348 e. The number of halogens is 3. The molecular weight excluding hydrogens is 399 g/mol. The molecule has 0 spiro atoms. The van der Waals surface area contributed by atoms with E-state index in [1.165, 1.54) is 0 Å². The van der Waals surface area contributed by atoms with Gasteiger partial charge in [-0.3, -0.25) is 19.7 Å². The zero-order valence-corrected chi connectivity index (χ0v) is 14.8. The van der Waals surface area contributed by atoms with E-state index in [4.69, 9.17) is 0 Å². The van der Waals surface area contributed by atoms with Crippen molar-refractivity contribution in [3.8, 4) is 0 Å². The van der Waals surface area contributed by atoms with E-state index in [9.17, 15) is 32.9 Å². The third kappa shape index (κ3) is 4.09. The maximum Gasteiger partial charge on any atom is 0.416 e. The molecule has 0 saturated carbocycles. The normalized spacial score (nSPS) is 13.0. The fourth-order valence-corrected chi connectivity index (χ4v) is 3.48. The van der Waals surface area contributed by atoms with E-state index in [1.54, 1.807) is 18.2 Å². The van der Waals surface area contributed by atoms with Crippen molar-refractivity contribution in [3.63, 3.8) is 0 Å². The summed E-state index contributed by atoms with van der Waals surface area (Å²) in [5.41, 5.74) is -0.485. The van der Waals surface area contributed by atoms with Crippen molar-refractivity contribution in [1.29, 1.82) is 0 Å². The van der Waals surface area contributed by atoms with Gasteiger partial charge in [0.05, 0.1) is 32.4 Å². The maximum absolute atomic E-state index is 12.7. The van der Waals surface area contributed by atoms with Crippen LogP contribution in [0.15, 0.2) is 41.3 Å². The molecule has 28 heavy (non-hydrogen) atoms. The summed E-state index contributed by atoms with van der Waals surface area (Å²) in [7, 11) is 0. The van der Waals surface area contributed by atoms with Gasteiger partial charge in [0.15, 0.2) is 0 Å². The number of benzene rings is 2. The minimum atomic E-state index is -4.71. The summed E-state index contributed by atoms with van der Waals surface area (Å²) in [5, 5.41) is 16.3. The van der Waals surface area contributed by atoms with Crippen molar-refractivity contribution < 1.29 is 27.7 Å². The third-order valence-corrected chi connectivity index (χ3v) is 5.00. The first-order valence-corrected chi connectivity index (χ1v) is 8.84. The van der Waals surface area contributed by atoms with Crippen molar-refractivity contribution in [3.05, 3.63) is 63.2 Å². The third-order valence-electron chi connectivity index (χ3n) is 3.93. The number of nitro benzene ring substituents is 1. The average molecular weight is 411 g/mol. The van der Waals surface area contributed by atoms with E-state index in [0.29, 0.717) is 23.9 Å². The zero-order valence-electron chi connectivity index (χ0n) is 14.0. The van der Waals surface area contributed by atoms with Crippen LogP contribution < -0.4 is 10.6 Å². The second-order valence-corrected chi connectivity index (χ2v) is 6.81. The lowest BCUT2D eigenvalue weighted by Crippen LogP contribution is -2.18. The smallest absolute Gasteiger partial charge is 0.348 e. The Morgan fingerprint density at radius 3 is 2.71 bits per heavy atom. The van der Waals surface area contributed by atoms with Gasteiger partial charge in [-0.05, 0) is 23.8 Å². The average Bonchev–Trinajstić information content (AvgIpc) is 3.01. The molecule has 1 heterocycles. The SMILES string of the molecule is O=C(CSc1ccc(C(F)(F)F)cc1[N+](=O)[O-])Nc1cccc2c1C(=O)NC2. The monoisotopic (exact) mass is 411 g/mol. The molecule has 0 bridgehead atoms. The largest absolute Gasteiger partial charge is 0.416 e. The van der Waals surface area contributed by atoms with E-state index in [1.807, 2.05) is 0 Å². The van der Waals surface area contributed by atoms with E-state index >= 15 is 0 Å². The highest BCUT2D eigenvalue weighted by molar-refractivity contribution is 8.00. The van der Waals surface area contributed by atoms with Gasteiger partial charge in [-0.15, -0.1) is 11.8 Å². The Bertz CT molecular complexity index is 979. The molecule has 1 aliphatic rings. The lowest BCUT2D eigenvalue weighted by atomic mass is 10.1. The first-order valence-electron chi connectivity index (χ1n) is 7.85. The highest BCUT2D eigenvalue weighted by Crippen LogP contribution is 2.36. The molecule has 0 saturated heterocycles. The maximum atomic E-state index is 12.7.